The number of pyridine rings is 1. The van der Waals surface area contributed by atoms with Gasteiger partial charge in [-0.15, -0.1) is 11.6 Å². The molecule has 1 atom stereocenters. The molecule has 0 bridgehead atoms. The van der Waals surface area contributed by atoms with Crippen LogP contribution in [0.5, 0.6) is 0 Å². The van der Waals surface area contributed by atoms with E-state index in [1.165, 1.54) is 0 Å². The Kier molecular flexibility index (Phi) is 4.08. The second kappa shape index (κ2) is 6.00. The first-order valence-corrected chi connectivity index (χ1v) is 7.68. The molecule has 0 fully saturated rings. The average Bonchev–Trinajstić information content (AvgIpc) is 2.91. The van der Waals surface area contributed by atoms with Crippen LogP contribution in [0.1, 0.15) is 25.7 Å². The molecule has 0 aliphatic rings. The standard InChI is InChI=1S/C16H18ClN3O/c1-3-21-10-11(2)20-15(8-17)19-14-9-18-13-7-5-4-6-12(13)16(14)20/h4-7,9,11H,3,8,10H2,1-2H3. The summed E-state index contributed by atoms with van der Waals surface area (Å²) in [6.07, 6.45) is 1.82. The van der Waals surface area contributed by atoms with Gasteiger partial charge in [0, 0.05) is 12.0 Å². The predicted molar refractivity (Wildman–Crippen MR) is 85.8 cm³/mol. The van der Waals surface area contributed by atoms with Crippen LogP contribution < -0.4 is 0 Å². The number of nitrogens with zero attached hydrogens (tertiary/aromatic N) is 3. The minimum atomic E-state index is 0.175. The molecule has 3 rings (SSSR count). The Labute approximate surface area is 128 Å². The third kappa shape index (κ3) is 2.49. The summed E-state index contributed by atoms with van der Waals surface area (Å²) in [7, 11) is 0. The van der Waals surface area contributed by atoms with Crippen molar-refractivity contribution in [2.45, 2.75) is 25.8 Å². The van der Waals surface area contributed by atoms with Gasteiger partial charge in [0.05, 0.1) is 35.8 Å². The number of para-hydroxylation sites is 1. The number of ether oxygens (including phenoxy) is 1. The maximum atomic E-state index is 6.09. The molecular formula is C16H18ClN3O. The van der Waals surface area contributed by atoms with E-state index >= 15 is 0 Å². The van der Waals surface area contributed by atoms with Crippen LogP contribution in [0.25, 0.3) is 21.9 Å². The van der Waals surface area contributed by atoms with E-state index < -0.39 is 0 Å². The molecule has 0 saturated heterocycles. The third-order valence-corrected chi connectivity index (χ3v) is 3.86. The third-order valence-electron chi connectivity index (χ3n) is 3.62. The molecular weight excluding hydrogens is 286 g/mol. The Morgan fingerprint density at radius 3 is 2.86 bits per heavy atom. The maximum Gasteiger partial charge on any atom is 0.125 e. The SMILES string of the molecule is CCOCC(C)n1c(CCl)nc2cnc3ccccc3c21. The van der Waals surface area contributed by atoms with E-state index in [2.05, 4.69) is 27.5 Å². The van der Waals surface area contributed by atoms with Crippen LogP contribution in [0.15, 0.2) is 30.5 Å². The first kappa shape index (κ1) is 14.3. The van der Waals surface area contributed by atoms with Crippen molar-refractivity contribution < 1.29 is 4.74 Å². The Morgan fingerprint density at radius 1 is 1.29 bits per heavy atom. The summed E-state index contributed by atoms with van der Waals surface area (Å²) in [4.78, 5) is 9.09. The van der Waals surface area contributed by atoms with Gasteiger partial charge in [0.25, 0.3) is 0 Å². The van der Waals surface area contributed by atoms with Crippen molar-refractivity contribution in [2.24, 2.45) is 0 Å². The summed E-state index contributed by atoms with van der Waals surface area (Å²) < 4.78 is 7.75. The van der Waals surface area contributed by atoms with Crippen LogP contribution in [-0.4, -0.2) is 27.7 Å². The highest BCUT2D eigenvalue weighted by Crippen LogP contribution is 2.28. The lowest BCUT2D eigenvalue weighted by Crippen LogP contribution is -2.14. The molecule has 4 nitrogen and oxygen atoms in total. The summed E-state index contributed by atoms with van der Waals surface area (Å²) >= 11 is 6.09. The van der Waals surface area contributed by atoms with Crippen LogP contribution in [0.3, 0.4) is 0 Å². The average molecular weight is 304 g/mol. The van der Waals surface area contributed by atoms with Crippen molar-refractivity contribution in [1.82, 2.24) is 14.5 Å². The highest BCUT2D eigenvalue weighted by Gasteiger charge is 2.17. The Hall–Kier alpha value is -1.65. The van der Waals surface area contributed by atoms with Gasteiger partial charge in [-0.1, -0.05) is 18.2 Å². The van der Waals surface area contributed by atoms with E-state index in [1.807, 2.05) is 31.3 Å². The molecule has 0 amide bonds. The van der Waals surface area contributed by atoms with E-state index in [4.69, 9.17) is 16.3 Å². The topological polar surface area (TPSA) is 39.9 Å². The molecule has 110 valence electrons. The first-order chi connectivity index (χ1) is 10.3. The molecule has 0 N–H and O–H groups in total. The fraction of sp³-hybridized carbons (Fsp3) is 0.375. The van der Waals surface area contributed by atoms with E-state index in [0.717, 1.165) is 27.8 Å². The van der Waals surface area contributed by atoms with Crippen LogP contribution in [-0.2, 0) is 10.6 Å². The molecule has 1 aromatic carbocycles. The van der Waals surface area contributed by atoms with Gasteiger partial charge >= 0.3 is 0 Å². The van der Waals surface area contributed by atoms with Gasteiger partial charge in [0.2, 0.25) is 0 Å². The number of hydrogen-bond acceptors (Lipinski definition) is 3. The minimum Gasteiger partial charge on any atom is -0.380 e. The van der Waals surface area contributed by atoms with Gasteiger partial charge in [0.1, 0.15) is 11.3 Å². The lowest BCUT2D eigenvalue weighted by molar-refractivity contribution is 0.119. The van der Waals surface area contributed by atoms with Gasteiger partial charge < -0.3 is 9.30 Å². The number of halogens is 1. The Bertz CT molecular complexity index is 769. The monoisotopic (exact) mass is 303 g/mol. The van der Waals surface area contributed by atoms with Gasteiger partial charge in [-0.2, -0.15) is 0 Å². The Morgan fingerprint density at radius 2 is 2.10 bits per heavy atom. The van der Waals surface area contributed by atoms with Gasteiger partial charge in [0.15, 0.2) is 0 Å². The van der Waals surface area contributed by atoms with Crippen LogP contribution in [0, 0.1) is 0 Å². The summed E-state index contributed by atoms with van der Waals surface area (Å²) in [6.45, 7) is 5.47. The number of imidazole rings is 1. The summed E-state index contributed by atoms with van der Waals surface area (Å²) in [5, 5.41) is 1.10. The molecule has 0 radical (unpaired) electrons. The van der Waals surface area contributed by atoms with E-state index in [0.29, 0.717) is 19.1 Å². The molecule has 5 heteroatoms. The van der Waals surface area contributed by atoms with Crippen molar-refractivity contribution in [3.8, 4) is 0 Å². The number of benzene rings is 1. The largest absolute Gasteiger partial charge is 0.380 e. The maximum absolute atomic E-state index is 6.09. The van der Waals surface area contributed by atoms with Gasteiger partial charge in [-0.25, -0.2) is 4.98 Å². The molecule has 2 aromatic heterocycles. The van der Waals surface area contributed by atoms with Crippen molar-refractivity contribution in [3.63, 3.8) is 0 Å². The predicted octanol–water partition coefficient (Wildman–Crippen LogP) is 3.92. The number of alkyl halides is 1. The zero-order chi connectivity index (χ0) is 14.8. The molecule has 21 heavy (non-hydrogen) atoms. The molecule has 0 saturated carbocycles. The molecule has 0 spiro atoms. The fourth-order valence-corrected chi connectivity index (χ4v) is 2.89. The quantitative estimate of drug-likeness (QED) is 0.671. The number of fused-ring (bicyclic) bond motifs is 3. The molecule has 1 unspecified atom stereocenters. The number of rotatable bonds is 5. The molecule has 2 heterocycles. The summed E-state index contributed by atoms with van der Waals surface area (Å²) in [5.41, 5.74) is 2.94. The van der Waals surface area contributed by atoms with Crippen molar-refractivity contribution in [3.05, 3.63) is 36.3 Å². The highest BCUT2D eigenvalue weighted by molar-refractivity contribution is 6.17. The normalized spacial score (nSPS) is 13.1. The fourth-order valence-electron chi connectivity index (χ4n) is 2.71. The van der Waals surface area contributed by atoms with Crippen molar-refractivity contribution >= 4 is 33.5 Å². The molecule has 0 aliphatic heterocycles. The van der Waals surface area contributed by atoms with Gasteiger partial charge in [-0.05, 0) is 19.9 Å². The lowest BCUT2D eigenvalue weighted by Gasteiger charge is -2.17. The second-order valence-corrected chi connectivity index (χ2v) is 5.32. The smallest absolute Gasteiger partial charge is 0.125 e. The van der Waals surface area contributed by atoms with Crippen molar-refractivity contribution in [2.75, 3.05) is 13.2 Å². The molecule has 3 aromatic rings. The minimum absolute atomic E-state index is 0.175. The summed E-state index contributed by atoms with van der Waals surface area (Å²) in [5.74, 6) is 1.23. The Balaban J connectivity index is 2.26. The molecule has 0 aliphatic carbocycles. The summed E-state index contributed by atoms with van der Waals surface area (Å²) in [6, 6.07) is 8.28. The highest BCUT2D eigenvalue weighted by atomic mass is 35.5. The number of aromatic nitrogens is 3. The van der Waals surface area contributed by atoms with E-state index in [1.54, 1.807) is 0 Å². The zero-order valence-electron chi connectivity index (χ0n) is 12.2. The van der Waals surface area contributed by atoms with E-state index in [9.17, 15) is 0 Å². The zero-order valence-corrected chi connectivity index (χ0v) is 13.0. The number of hydrogen-bond donors (Lipinski definition) is 0. The second-order valence-electron chi connectivity index (χ2n) is 5.05. The lowest BCUT2D eigenvalue weighted by atomic mass is 10.2. The van der Waals surface area contributed by atoms with Crippen LogP contribution in [0.4, 0.5) is 0 Å². The first-order valence-electron chi connectivity index (χ1n) is 7.14. The van der Waals surface area contributed by atoms with Crippen LogP contribution in [0.2, 0.25) is 0 Å². The van der Waals surface area contributed by atoms with Gasteiger partial charge in [-0.3, -0.25) is 4.98 Å². The van der Waals surface area contributed by atoms with E-state index in [-0.39, 0.29) is 6.04 Å². The van der Waals surface area contributed by atoms with Crippen molar-refractivity contribution in [1.29, 1.82) is 0 Å². The van der Waals surface area contributed by atoms with Crippen LogP contribution >= 0.6 is 11.6 Å².